The van der Waals surface area contributed by atoms with Gasteiger partial charge in [0.2, 0.25) is 0 Å². The van der Waals surface area contributed by atoms with Gasteiger partial charge in [0, 0.05) is 19.7 Å². The summed E-state index contributed by atoms with van der Waals surface area (Å²) in [6.45, 7) is 8.19. The van der Waals surface area contributed by atoms with Crippen LogP contribution in [0.15, 0.2) is 15.6 Å². The van der Waals surface area contributed by atoms with Crippen molar-refractivity contribution < 1.29 is 4.52 Å². The predicted octanol–water partition coefficient (Wildman–Crippen LogP) is 3.29. The zero-order chi connectivity index (χ0) is 15.9. The summed E-state index contributed by atoms with van der Waals surface area (Å²) in [4.78, 5) is 4.29. The molecular formula is C17H30N4O. The Hall–Kier alpha value is -1.52. The second kappa shape index (κ2) is 8.20. The number of aliphatic imine (C=N–C) groups is 1. The van der Waals surface area contributed by atoms with E-state index in [1.54, 1.807) is 7.05 Å². The van der Waals surface area contributed by atoms with E-state index < -0.39 is 0 Å². The topological polar surface area (TPSA) is 62.5 Å². The van der Waals surface area contributed by atoms with Crippen molar-refractivity contribution in [3.63, 3.8) is 0 Å². The molecule has 1 aliphatic carbocycles. The summed E-state index contributed by atoms with van der Waals surface area (Å²) in [5, 5.41) is 10.8. The first-order valence-corrected chi connectivity index (χ1v) is 8.50. The quantitative estimate of drug-likeness (QED) is 0.647. The average Bonchev–Trinajstić information content (AvgIpc) is 2.98. The number of nitrogens with one attached hydrogen (secondary N) is 2. The van der Waals surface area contributed by atoms with E-state index in [4.69, 9.17) is 4.52 Å². The van der Waals surface area contributed by atoms with Gasteiger partial charge in [0.05, 0.1) is 12.2 Å². The fourth-order valence-corrected chi connectivity index (χ4v) is 3.00. The van der Waals surface area contributed by atoms with Gasteiger partial charge in [-0.2, -0.15) is 0 Å². The molecule has 2 atom stereocenters. The molecule has 0 aromatic carbocycles. The van der Waals surface area contributed by atoms with Crippen LogP contribution in [0, 0.1) is 11.8 Å². The van der Waals surface area contributed by atoms with Crippen LogP contribution in [0.2, 0.25) is 0 Å². The van der Waals surface area contributed by atoms with Crippen molar-refractivity contribution in [1.82, 2.24) is 15.8 Å². The van der Waals surface area contributed by atoms with E-state index in [0.29, 0.717) is 12.5 Å². The van der Waals surface area contributed by atoms with Crippen LogP contribution in [0.4, 0.5) is 0 Å². The molecule has 124 valence electrons. The van der Waals surface area contributed by atoms with Gasteiger partial charge < -0.3 is 15.2 Å². The Morgan fingerprint density at radius 1 is 1.36 bits per heavy atom. The Bertz CT molecular complexity index is 481. The molecule has 22 heavy (non-hydrogen) atoms. The van der Waals surface area contributed by atoms with Gasteiger partial charge in [0.15, 0.2) is 11.7 Å². The van der Waals surface area contributed by atoms with E-state index >= 15 is 0 Å². The summed E-state index contributed by atoms with van der Waals surface area (Å²) >= 11 is 0. The Kier molecular flexibility index (Phi) is 6.28. The molecule has 0 spiro atoms. The number of aromatic nitrogens is 1. The van der Waals surface area contributed by atoms with Crippen LogP contribution in [-0.4, -0.2) is 24.7 Å². The Balaban J connectivity index is 1.77. The van der Waals surface area contributed by atoms with Crippen LogP contribution >= 0.6 is 0 Å². The maximum Gasteiger partial charge on any atom is 0.191 e. The molecule has 1 fully saturated rings. The minimum absolute atomic E-state index is 0.391. The van der Waals surface area contributed by atoms with E-state index in [-0.39, 0.29) is 0 Å². The van der Waals surface area contributed by atoms with Gasteiger partial charge in [0.1, 0.15) is 0 Å². The monoisotopic (exact) mass is 306 g/mol. The summed E-state index contributed by atoms with van der Waals surface area (Å²) in [5.74, 6) is 3.63. The molecular weight excluding hydrogens is 276 g/mol. The molecule has 2 unspecified atom stereocenters. The van der Waals surface area contributed by atoms with Crippen molar-refractivity contribution in [2.45, 2.75) is 58.9 Å². The molecule has 5 heteroatoms. The van der Waals surface area contributed by atoms with Gasteiger partial charge in [-0.3, -0.25) is 4.99 Å². The number of guanidine groups is 1. The highest BCUT2D eigenvalue weighted by atomic mass is 16.5. The van der Waals surface area contributed by atoms with Crippen LogP contribution in [0.25, 0.3) is 0 Å². The average molecular weight is 306 g/mol. The maximum atomic E-state index is 5.34. The number of rotatable bonds is 5. The molecule has 1 aliphatic rings. The second-order valence-electron chi connectivity index (χ2n) is 6.70. The lowest BCUT2D eigenvalue weighted by atomic mass is 9.80. The van der Waals surface area contributed by atoms with Crippen LogP contribution in [0.5, 0.6) is 0 Å². The van der Waals surface area contributed by atoms with Gasteiger partial charge in [0.25, 0.3) is 0 Å². The molecule has 0 saturated heterocycles. The molecule has 5 nitrogen and oxygen atoms in total. The van der Waals surface area contributed by atoms with E-state index in [0.717, 1.165) is 35.8 Å². The summed E-state index contributed by atoms with van der Waals surface area (Å²) in [7, 11) is 1.81. The zero-order valence-electron chi connectivity index (χ0n) is 14.4. The molecule has 1 aromatic heterocycles. The third kappa shape index (κ3) is 4.75. The molecule has 0 bridgehead atoms. The molecule has 0 radical (unpaired) electrons. The van der Waals surface area contributed by atoms with Crippen molar-refractivity contribution in [3.05, 3.63) is 17.5 Å². The second-order valence-corrected chi connectivity index (χ2v) is 6.70. The minimum Gasteiger partial charge on any atom is -0.359 e. The fraction of sp³-hybridized carbons (Fsp3) is 0.765. The maximum absolute atomic E-state index is 5.34. The van der Waals surface area contributed by atoms with E-state index in [1.165, 1.54) is 25.7 Å². The van der Waals surface area contributed by atoms with E-state index in [9.17, 15) is 0 Å². The Labute approximate surface area is 133 Å². The molecule has 2 rings (SSSR count). The highest BCUT2D eigenvalue weighted by molar-refractivity contribution is 5.79. The first-order chi connectivity index (χ1) is 10.6. The molecule has 0 aliphatic heterocycles. The predicted molar refractivity (Wildman–Crippen MR) is 89.9 cm³/mol. The highest BCUT2D eigenvalue weighted by Gasteiger charge is 2.21. The van der Waals surface area contributed by atoms with Crippen molar-refractivity contribution in [2.75, 3.05) is 13.6 Å². The van der Waals surface area contributed by atoms with Crippen LogP contribution in [0.1, 0.15) is 63.8 Å². The lowest BCUT2D eigenvalue weighted by Gasteiger charge is -2.29. The number of hydrogen-bond donors (Lipinski definition) is 2. The third-order valence-corrected chi connectivity index (χ3v) is 4.64. The van der Waals surface area contributed by atoms with Gasteiger partial charge >= 0.3 is 0 Å². The summed E-state index contributed by atoms with van der Waals surface area (Å²) in [5.41, 5.74) is 0.996. The smallest absolute Gasteiger partial charge is 0.191 e. The fourth-order valence-electron chi connectivity index (χ4n) is 3.00. The normalized spacial score (nSPS) is 22.9. The Morgan fingerprint density at radius 2 is 2.14 bits per heavy atom. The third-order valence-electron chi connectivity index (χ3n) is 4.64. The first-order valence-electron chi connectivity index (χ1n) is 8.50. The SMILES string of the molecule is CN=C(NCc1cc(C(C)C)no1)NCC1CCCCC1C. The first kappa shape index (κ1) is 16.8. The molecule has 0 amide bonds. The van der Waals surface area contributed by atoms with Crippen LogP contribution in [0.3, 0.4) is 0 Å². The standard InChI is InChI=1S/C17H30N4O/c1-12(2)16-9-15(22-21-16)11-20-17(18-4)19-10-14-8-6-5-7-13(14)3/h9,12-14H,5-8,10-11H2,1-4H3,(H2,18,19,20). The van der Waals surface area contributed by atoms with Crippen molar-refractivity contribution >= 4 is 5.96 Å². The summed E-state index contributed by atoms with van der Waals surface area (Å²) in [6.07, 6.45) is 5.42. The zero-order valence-corrected chi connectivity index (χ0v) is 14.4. The van der Waals surface area contributed by atoms with Crippen LogP contribution in [-0.2, 0) is 6.54 Å². The Morgan fingerprint density at radius 3 is 2.77 bits per heavy atom. The largest absolute Gasteiger partial charge is 0.359 e. The van der Waals surface area contributed by atoms with Gasteiger partial charge in [-0.15, -0.1) is 0 Å². The van der Waals surface area contributed by atoms with Gasteiger partial charge in [-0.1, -0.05) is 45.2 Å². The number of hydrogen-bond acceptors (Lipinski definition) is 3. The van der Waals surface area contributed by atoms with Crippen molar-refractivity contribution in [3.8, 4) is 0 Å². The molecule has 1 aromatic rings. The summed E-state index contributed by atoms with van der Waals surface area (Å²) < 4.78 is 5.34. The lowest BCUT2D eigenvalue weighted by Crippen LogP contribution is -2.41. The highest BCUT2D eigenvalue weighted by Crippen LogP contribution is 2.28. The minimum atomic E-state index is 0.391. The molecule has 2 N–H and O–H groups in total. The summed E-state index contributed by atoms with van der Waals surface area (Å²) in [6, 6.07) is 2.01. The lowest BCUT2D eigenvalue weighted by molar-refractivity contribution is 0.256. The molecule has 1 saturated carbocycles. The van der Waals surface area contributed by atoms with Crippen LogP contribution < -0.4 is 10.6 Å². The van der Waals surface area contributed by atoms with Gasteiger partial charge in [-0.25, -0.2) is 0 Å². The van der Waals surface area contributed by atoms with E-state index in [2.05, 4.69) is 41.6 Å². The van der Waals surface area contributed by atoms with Crippen molar-refractivity contribution in [2.24, 2.45) is 16.8 Å². The number of nitrogens with zero attached hydrogens (tertiary/aromatic N) is 2. The van der Waals surface area contributed by atoms with E-state index in [1.807, 2.05) is 6.07 Å². The molecule has 1 heterocycles. The van der Waals surface area contributed by atoms with Crippen molar-refractivity contribution in [1.29, 1.82) is 0 Å². The van der Waals surface area contributed by atoms with Gasteiger partial charge in [-0.05, 0) is 24.2 Å².